The van der Waals surface area contributed by atoms with Crippen LogP contribution in [0.3, 0.4) is 0 Å². The number of amides is 1. The van der Waals surface area contributed by atoms with Crippen LogP contribution in [0, 0.1) is 0 Å². The third kappa shape index (κ3) is 4.30. The lowest BCUT2D eigenvalue weighted by atomic mass is 9.93. The van der Waals surface area contributed by atoms with E-state index >= 15 is 0 Å². The van der Waals surface area contributed by atoms with Crippen LogP contribution in [-0.2, 0) is 11.3 Å². The van der Waals surface area contributed by atoms with E-state index in [2.05, 4.69) is 11.9 Å². The number of rotatable bonds is 4. The van der Waals surface area contributed by atoms with Crippen LogP contribution in [0.1, 0.15) is 37.7 Å². The topological polar surface area (TPSA) is 68.0 Å². The smallest absolute Gasteiger partial charge is 0.223 e. The first-order valence-corrected chi connectivity index (χ1v) is 9.57. The maximum absolute atomic E-state index is 12.8. The predicted molar refractivity (Wildman–Crippen MR) is 101 cm³/mol. The van der Waals surface area contributed by atoms with Crippen molar-refractivity contribution in [3.8, 4) is 11.5 Å². The molecule has 1 atom stereocenters. The van der Waals surface area contributed by atoms with Crippen LogP contribution in [0.5, 0.6) is 11.5 Å². The van der Waals surface area contributed by atoms with Crippen LogP contribution in [0.2, 0.25) is 0 Å². The van der Waals surface area contributed by atoms with Gasteiger partial charge in [0.15, 0.2) is 0 Å². The Hall–Kier alpha value is -1.79. The van der Waals surface area contributed by atoms with Gasteiger partial charge in [0.1, 0.15) is 17.1 Å². The van der Waals surface area contributed by atoms with E-state index < -0.39 is 0 Å². The van der Waals surface area contributed by atoms with E-state index in [0.717, 1.165) is 55.8 Å². The Balaban J connectivity index is 1.92. The SMILES string of the molecule is COc1ccc2c(c1)CN(C(=O)CCCN)CC1(CCCN(C)CC1)O2. The average molecular weight is 361 g/mol. The van der Waals surface area contributed by atoms with Crippen LogP contribution >= 0.6 is 0 Å². The van der Waals surface area contributed by atoms with Gasteiger partial charge >= 0.3 is 0 Å². The lowest BCUT2D eigenvalue weighted by Crippen LogP contribution is -2.48. The molecule has 0 aliphatic carbocycles. The zero-order chi connectivity index (χ0) is 18.6. The molecule has 1 fully saturated rings. The predicted octanol–water partition coefficient (Wildman–Crippen LogP) is 2.01. The first-order chi connectivity index (χ1) is 12.5. The molecule has 26 heavy (non-hydrogen) atoms. The van der Waals surface area contributed by atoms with E-state index in [9.17, 15) is 4.79 Å². The number of likely N-dealkylation sites (tertiary alicyclic amines) is 1. The molecular weight excluding hydrogens is 330 g/mol. The van der Waals surface area contributed by atoms with E-state index in [4.69, 9.17) is 15.2 Å². The van der Waals surface area contributed by atoms with E-state index in [-0.39, 0.29) is 11.5 Å². The van der Waals surface area contributed by atoms with Crippen molar-refractivity contribution >= 4 is 5.91 Å². The van der Waals surface area contributed by atoms with Crippen molar-refractivity contribution in [2.45, 2.75) is 44.2 Å². The van der Waals surface area contributed by atoms with Gasteiger partial charge in [-0.1, -0.05) is 0 Å². The standard InChI is InChI=1S/C20H31N3O3/c1-22-11-4-8-20(9-12-22)15-23(19(24)5-3-10-21)14-16-13-17(25-2)6-7-18(16)26-20/h6-7,13H,3-5,8-12,14-15,21H2,1-2H3. The number of carbonyl (C=O) groups excluding carboxylic acids is 1. The van der Waals surface area contributed by atoms with Gasteiger partial charge in [-0.15, -0.1) is 0 Å². The van der Waals surface area contributed by atoms with Crippen LogP contribution in [0.25, 0.3) is 0 Å². The molecule has 1 saturated heterocycles. The van der Waals surface area contributed by atoms with Crippen molar-refractivity contribution in [2.24, 2.45) is 5.73 Å². The van der Waals surface area contributed by atoms with E-state index in [1.807, 2.05) is 23.1 Å². The summed E-state index contributed by atoms with van der Waals surface area (Å²) in [7, 11) is 3.81. The fourth-order valence-corrected chi connectivity index (χ4v) is 3.93. The quantitative estimate of drug-likeness (QED) is 0.888. The van der Waals surface area contributed by atoms with Crippen molar-refractivity contribution in [1.82, 2.24) is 9.80 Å². The van der Waals surface area contributed by atoms with Gasteiger partial charge in [-0.3, -0.25) is 4.79 Å². The lowest BCUT2D eigenvalue weighted by molar-refractivity contribution is -0.134. The number of methoxy groups -OCH3 is 1. The Labute approximate surface area is 156 Å². The van der Waals surface area contributed by atoms with Crippen LogP contribution in [0.15, 0.2) is 18.2 Å². The second-order valence-electron chi connectivity index (χ2n) is 7.56. The van der Waals surface area contributed by atoms with Crippen LogP contribution in [-0.4, -0.2) is 61.6 Å². The first kappa shape index (κ1) is 19.0. The Morgan fingerprint density at radius 3 is 2.96 bits per heavy atom. The highest BCUT2D eigenvalue weighted by molar-refractivity contribution is 5.76. The van der Waals surface area contributed by atoms with Gasteiger partial charge in [0, 0.05) is 31.5 Å². The molecule has 1 spiro atoms. The third-order valence-electron chi connectivity index (χ3n) is 5.50. The second kappa shape index (κ2) is 8.27. The van der Waals surface area contributed by atoms with Gasteiger partial charge in [0.2, 0.25) is 5.91 Å². The molecule has 0 bridgehead atoms. The molecule has 0 saturated carbocycles. The average Bonchev–Trinajstić information content (AvgIpc) is 2.92. The van der Waals surface area contributed by atoms with Crippen molar-refractivity contribution in [1.29, 1.82) is 0 Å². The monoisotopic (exact) mass is 361 g/mol. The highest BCUT2D eigenvalue weighted by Crippen LogP contribution is 2.37. The molecule has 1 aromatic carbocycles. The minimum Gasteiger partial charge on any atom is -0.497 e. The molecule has 2 aliphatic heterocycles. The Bertz CT molecular complexity index is 637. The van der Waals surface area contributed by atoms with Gasteiger partial charge in [-0.25, -0.2) is 0 Å². The normalized spacial score (nSPS) is 23.7. The Morgan fingerprint density at radius 2 is 2.19 bits per heavy atom. The van der Waals surface area contributed by atoms with Crippen molar-refractivity contribution in [3.63, 3.8) is 0 Å². The molecule has 6 heteroatoms. The molecule has 1 aromatic rings. The highest BCUT2D eigenvalue weighted by atomic mass is 16.5. The summed E-state index contributed by atoms with van der Waals surface area (Å²) >= 11 is 0. The number of hydrogen-bond donors (Lipinski definition) is 1. The number of nitrogens with zero attached hydrogens (tertiary/aromatic N) is 2. The summed E-state index contributed by atoms with van der Waals surface area (Å²) in [6, 6.07) is 5.90. The zero-order valence-electron chi connectivity index (χ0n) is 16.0. The fraction of sp³-hybridized carbons (Fsp3) is 0.650. The molecule has 3 rings (SSSR count). The number of hydrogen-bond acceptors (Lipinski definition) is 5. The van der Waals surface area contributed by atoms with Crippen LogP contribution < -0.4 is 15.2 Å². The number of nitrogens with two attached hydrogens (primary N) is 1. The van der Waals surface area contributed by atoms with Crippen molar-refractivity contribution in [2.75, 3.05) is 40.3 Å². The van der Waals surface area contributed by atoms with Gasteiger partial charge in [0.05, 0.1) is 13.7 Å². The lowest BCUT2D eigenvalue weighted by Gasteiger charge is -2.35. The van der Waals surface area contributed by atoms with E-state index in [0.29, 0.717) is 26.1 Å². The first-order valence-electron chi connectivity index (χ1n) is 9.57. The third-order valence-corrected chi connectivity index (χ3v) is 5.50. The summed E-state index contributed by atoms with van der Waals surface area (Å²) in [5, 5.41) is 0. The summed E-state index contributed by atoms with van der Waals surface area (Å²) < 4.78 is 12.0. The largest absolute Gasteiger partial charge is 0.497 e. The maximum Gasteiger partial charge on any atom is 0.223 e. The summed E-state index contributed by atoms with van der Waals surface area (Å²) in [5.74, 6) is 1.83. The van der Waals surface area contributed by atoms with Gasteiger partial charge < -0.3 is 25.0 Å². The molecular formula is C20H31N3O3. The number of ether oxygens (including phenoxy) is 2. The van der Waals surface area contributed by atoms with E-state index in [1.165, 1.54) is 0 Å². The van der Waals surface area contributed by atoms with Crippen LogP contribution in [0.4, 0.5) is 0 Å². The molecule has 6 nitrogen and oxygen atoms in total. The molecule has 144 valence electrons. The molecule has 2 heterocycles. The summed E-state index contributed by atoms with van der Waals surface area (Å²) in [5.41, 5.74) is 6.30. The number of benzene rings is 1. The van der Waals surface area contributed by atoms with Gasteiger partial charge in [0.25, 0.3) is 0 Å². The Morgan fingerprint density at radius 1 is 1.35 bits per heavy atom. The zero-order valence-corrected chi connectivity index (χ0v) is 16.0. The van der Waals surface area contributed by atoms with Crippen molar-refractivity contribution < 1.29 is 14.3 Å². The molecule has 0 radical (unpaired) electrons. The Kier molecular flexibility index (Phi) is 6.04. The number of fused-ring (bicyclic) bond motifs is 1. The molecule has 1 unspecified atom stereocenters. The van der Waals surface area contributed by atoms with Gasteiger partial charge in [-0.2, -0.15) is 0 Å². The summed E-state index contributed by atoms with van der Waals surface area (Å²) in [6.07, 6.45) is 4.18. The molecule has 2 N–H and O–H groups in total. The molecule has 2 aliphatic rings. The second-order valence-corrected chi connectivity index (χ2v) is 7.56. The summed E-state index contributed by atoms with van der Waals surface area (Å²) in [6.45, 7) is 3.79. The number of carbonyl (C=O) groups is 1. The molecule has 0 aromatic heterocycles. The van der Waals surface area contributed by atoms with Gasteiger partial charge in [-0.05, 0) is 57.6 Å². The van der Waals surface area contributed by atoms with Crippen molar-refractivity contribution in [3.05, 3.63) is 23.8 Å². The molecule has 1 amide bonds. The minimum atomic E-state index is -0.316. The highest BCUT2D eigenvalue weighted by Gasteiger charge is 2.40. The summed E-state index contributed by atoms with van der Waals surface area (Å²) in [4.78, 5) is 17.1. The minimum absolute atomic E-state index is 0.159. The maximum atomic E-state index is 12.8. The fourth-order valence-electron chi connectivity index (χ4n) is 3.93. The van der Waals surface area contributed by atoms with E-state index in [1.54, 1.807) is 7.11 Å².